The van der Waals surface area contributed by atoms with Gasteiger partial charge in [0, 0.05) is 47.9 Å². The molecule has 0 atom stereocenters. The molecule has 3 aromatic heterocycles. The Morgan fingerprint density at radius 3 is 2.55 bits per heavy atom. The van der Waals surface area contributed by atoms with Crippen LogP contribution in [0, 0.1) is 6.92 Å². The molecule has 3 heterocycles. The molecule has 0 aliphatic rings. The number of benzene rings is 2. The van der Waals surface area contributed by atoms with Crippen molar-refractivity contribution in [3.63, 3.8) is 0 Å². The minimum absolute atomic E-state index is 0.277. The molecule has 5 rings (SSSR count). The Labute approximate surface area is 195 Å². The number of aromatic nitrogens is 4. The lowest BCUT2D eigenvalue weighted by atomic mass is 10.1. The highest BCUT2D eigenvalue weighted by molar-refractivity contribution is 7.90. The highest BCUT2D eigenvalue weighted by Gasteiger charge is 2.15. The fourth-order valence-corrected chi connectivity index (χ4v) is 5.10. The van der Waals surface area contributed by atoms with Crippen LogP contribution in [0.25, 0.3) is 33.7 Å². The lowest BCUT2D eigenvalue weighted by Gasteiger charge is -2.08. The van der Waals surface area contributed by atoms with Crippen molar-refractivity contribution in [3.8, 4) is 22.6 Å². The summed E-state index contributed by atoms with van der Waals surface area (Å²) in [6, 6.07) is 14.8. The molecule has 0 aliphatic carbocycles. The molecule has 0 bridgehead atoms. The zero-order chi connectivity index (χ0) is 23.2. The average molecular weight is 476 g/mol. The minimum atomic E-state index is -3.30. The molecule has 0 spiro atoms. The van der Waals surface area contributed by atoms with Crippen molar-refractivity contribution in [2.75, 3.05) is 11.6 Å². The highest BCUT2D eigenvalue weighted by atomic mass is 32.2. The molecule has 0 saturated heterocycles. The van der Waals surface area contributed by atoms with E-state index >= 15 is 0 Å². The number of sulfone groups is 1. The van der Waals surface area contributed by atoms with Crippen molar-refractivity contribution in [2.24, 2.45) is 7.05 Å². The van der Waals surface area contributed by atoms with Gasteiger partial charge in [0.15, 0.2) is 15.0 Å². The molecule has 2 aromatic carbocycles. The zero-order valence-electron chi connectivity index (χ0n) is 18.3. The fraction of sp³-hybridized carbons (Fsp3) is 0.125. The van der Waals surface area contributed by atoms with Gasteiger partial charge in [0.1, 0.15) is 5.82 Å². The largest absolute Gasteiger partial charge is 0.331 e. The van der Waals surface area contributed by atoms with E-state index in [9.17, 15) is 8.42 Å². The van der Waals surface area contributed by atoms with Crippen LogP contribution >= 0.6 is 11.3 Å². The molecule has 5 aromatic rings. The molecule has 0 unspecified atom stereocenters. The second kappa shape index (κ2) is 8.09. The first-order chi connectivity index (χ1) is 15.8. The van der Waals surface area contributed by atoms with Crippen LogP contribution < -0.4 is 5.32 Å². The smallest absolute Gasteiger partial charge is 0.187 e. The van der Waals surface area contributed by atoms with Crippen LogP contribution in [0.4, 0.5) is 10.8 Å². The Bertz CT molecular complexity index is 1590. The van der Waals surface area contributed by atoms with Crippen LogP contribution in [0.5, 0.6) is 0 Å². The van der Waals surface area contributed by atoms with Gasteiger partial charge >= 0.3 is 0 Å². The van der Waals surface area contributed by atoms with E-state index in [0.29, 0.717) is 5.82 Å². The minimum Gasteiger partial charge on any atom is -0.331 e. The molecule has 0 radical (unpaired) electrons. The van der Waals surface area contributed by atoms with Gasteiger partial charge in [0.25, 0.3) is 0 Å². The topological polar surface area (TPSA) is 89.8 Å². The molecule has 0 fully saturated rings. The van der Waals surface area contributed by atoms with Crippen LogP contribution in [0.3, 0.4) is 0 Å². The van der Waals surface area contributed by atoms with Crippen LogP contribution in [-0.4, -0.2) is 34.2 Å². The molecule has 1 N–H and O–H groups in total. The number of pyridine rings is 1. The number of aryl methyl sites for hydroxylation is 2. The van der Waals surface area contributed by atoms with Crippen molar-refractivity contribution in [3.05, 3.63) is 71.9 Å². The van der Waals surface area contributed by atoms with E-state index in [-0.39, 0.29) is 4.90 Å². The molecule has 9 heteroatoms. The summed E-state index contributed by atoms with van der Waals surface area (Å²) in [4.78, 5) is 13.8. The summed E-state index contributed by atoms with van der Waals surface area (Å²) in [6.45, 7) is 2.04. The van der Waals surface area contributed by atoms with Crippen molar-refractivity contribution in [1.82, 2.24) is 19.5 Å². The third-order valence-corrected chi connectivity index (χ3v) is 7.34. The number of rotatable bonds is 5. The average Bonchev–Trinajstić information content (AvgIpc) is 3.39. The van der Waals surface area contributed by atoms with Gasteiger partial charge in [-0.15, -0.1) is 11.3 Å². The summed E-state index contributed by atoms with van der Waals surface area (Å²) < 4.78 is 26.0. The Morgan fingerprint density at radius 2 is 1.79 bits per heavy atom. The van der Waals surface area contributed by atoms with Crippen molar-refractivity contribution in [2.45, 2.75) is 11.8 Å². The number of thiazole rings is 1. The lowest BCUT2D eigenvalue weighted by molar-refractivity contribution is 0.602. The summed E-state index contributed by atoms with van der Waals surface area (Å²) in [6.07, 6.45) is 4.72. The van der Waals surface area contributed by atoms with Gasteiger partial charge in [0.05, 0.1) is 21.6 Å². The summed E-state index contributed by atoms with van der Waals surface area (Å²) >= 11 is 1.54. The molecular weight excluding hydrogens is 454 g/mol. The number of anilines is 2. The van der Waals surface area contributed by atoms with Gasteiger partial charge in [-0.05, 0) is 48.9 Å². The normalized spacial score (nSPS) is 11.7. The summed E-state index contributed by atoms with van der Waals surface area (Å²) in [7, 11) is -1.36. The predicted octanol–water partition coefficient (Wildman–Crippen LogP) is 5.21. The number of nitrogens with one attached hydrogen (secondary N) is 1. The van der Waals surface area contributed by atoms with Crippen LogP contribution in [-0.2, 0) is 16.9 Å². The number of hydrogen-bond acceptors (Lipinski definition) is 7. The summed E-state index contributed by atoms with van der Waals surface area (Å²) in [5.74, 6) is 0.710. The second-order valence-electron chi connectivity index (χ2n) is 7.85. The summed E-state index contributed by atoms with van der Waals surface area (Å²) in [5.41, 5.74) is 6.44. The van der Waals surface area contributed by atoms with E-state index in [1.54, 1.807) is 30.6 Å². The van der Waals surface area contributed by atoms with Gasteiger partial charge in [-0.25, -0.2) is 18.4 Å². The third kappa shape index (κ3) is 4.12. The van der Waals surface area contributed by atoms with E-state index in [4.69, 9.17) is 9.97 Å². The summed E-state index contributed by atoms with van der Waals surface area (Å²) in [5, 5.41) is 6.22. The van der Waals surface area contributed by atoms with Crippen LogP contribution in [0.15, 0.2) is 71.2 Å². The Hall–Kier alpha value is -3.56. The first kappa shape index (κ1) is 21.3. The Balaban J connectivity index is 1.51. The van der Waals surface area contributed by atoms with Crippen molar-refractivity contribution < 1.29 is 8.42 Å². The SMILES string of the molecule is Cc1cc2c(cc1Nc1nc(-c3ccncc3)cs1)nc(-c1cccc(S(C)(=O)=O)c1)n2C. The molecule has 0 saturated carbocycles. The van der Waals surface area contributed by atoms with E-state index in [2.05, 4.69) is 16.4 Å². The number of fused-ring (bicyclic) bond motifs is 1. The molecular formula is C24H21N5O2S2. The molecule has 7 nitrogen and oxygen atoms in total. The maximum Gasteiger partial charge on any atom is 0.187 e. The maximum absolute atomic E-state index is 12.0. The van der Waals surface area contributed by atoms with Gasteiger partial charge in [-0.2, -0.15) is 0 Å². The van der Waals surface area contributed by atoms with Crippen LogP contribution in [0.2, 0.25) is 0 Å². The molecule has 166 valence electrons. The molecule has 0 amide bonds. The first-order valence-corrected chi connectivity index (χ1v) is 13.0. The quantitative estimate of drug-likeness (QED) is 0.375. The van der Waals surface area contributed by atoms with E-state index in [0.717, 1.165) is 44.2 Å². The Kier molecular flexibility index (Phi) is 5.22. The van der Waals surface area contributed by atoms with Crippen molar-refractivity contribution >= 4 is 43.0 Å². The number of imidazole rings is 1. The van der Waals surface area contributed by atoms with Gasteiger partial charge in [0.2, 0.25) is 0 Å². The van der Waals surface area contributed by atoms with E-state index in [1.807, 2.05) is 48.2 Å². The van der Waals surface area contributed by atoms with Gasteiger partial charge < -0.3 is 9.88 Å². The van der Waals surface area contributed by atoms with Crippen LogP contribution in [0.1, 0.15) is 5.56 Å². The van der Waals surface area contributed by atoms with E-state index < -0.39 is 9.84 Å². The number of nitrogens with zero attached hydrogens (tertiary/aromatic N) is 4. The van der Waals surface area contributed by atoms with Gasteiger partial charge in [-0.3, -0.25) is 4.98 Å². The molecule has 0 aliphatic heterocycles. The van der Waals surface area contributed by atoms with Crippen molar-refractivity contribution in [1.29, 1.82) is 0 Å². The standard InChI is InChI=1S/C24H21N5O2S2/c1-15-11-22-20(26-23(29(22)2)17-5-4-6-18(12-17)33(3,30)31)13-19(15)27-24-28-21(14-32-24)16-7-9-25-10-8-16/h4-14H,1-3H3,(H,27,28). The lowest BCUT2D eigenvalue weighted by Crippen LogP contribution is -1.98. The second-order valence-corrected chi connectivity index (χ2v) is 10.7. The zero-order valence-corrected chi connectivity index (χ0v) is 19.9. The Morgan fingerprint density at radius 1 is 1.00 bits per heavy atom. The highest BCUT2D eigenvalue weighted by Crippen LogP contribution is 2.32. The monoisotopic (exact) mass is 475 g/mol. The van der Waals surface area contributed by atoms with Gasteiger partial charge in [-0.1, -0.05) is 12.1 Å². The predicted molar refractivity (Wildman–Crippen MR) is 133 cm³/mol. The third-order valence-electron chi connectivity index (χ3n) is 5.47. The number of hydrogen-bond donors (Lipinski definition) is 1. The fourth-order valence-electron chi connectivity index (χ4n) is 3.70. The maximum atomic E-state index is 12.0. The first-order valence-electron chi connectivity index (χ1n) is 10.2. The molecule has 33 heavy (non-hydrogen) atoms. The van der Waals surface area contributed by atoms with E-state index in [1.165, 1.54) is 17.6 Å².